The number of carbonyl (C=O) groups excluding carboxylic acids is 1. The van der Waals surface area contributed by atoms with Crippen LogP contribution in [0.15, 0.2) is 30.3 Å². The number of anilines is 1. The fourth-order valence-corrected chi connectivity index (χ4v) is 1.60. The number of ether oxygens (including phenoxy) is 1. The zero-order chi connectivity index (χ0) is 12.4. The van der Waals surface area contributed by atoms with Gasteiger partial charge in [0.05, 0.1) is 7.11 Å². The lowest BCUT2D eigenvalue weighted by Crippen LogP contribution is -2.03. The van der Waals surface area contributed by atoms with E-state index in [0.29, 0.717) is 16.9 Å². The highest BCUT2D eigenvalue weighted by Crippen LogP contribution is 2.26. The molecule has 0 saturated heterocycles. The Morgan fingerprint density at radius 1 is 1.35 bits per heavy atom. The smallest absolute Gasteiger partial charge is 0.355 e. The molecule has 0 spiro atoms. The number of hydrogen-bond acceptors (Lipinski definition) is 3. The van der Waals surface area contributed by atoms with E-state index in [1.165, 1.54) is 19.2 Å². The van der Waals surface area contributed by atoms with Gasteiger partial charge in [-0.1, -0.05) is 12.1 Å². The molecular weight excluding hydrogens is 223 g/mol. The Bertz CT molecular complexity index is 546. The number of carbonyl (C=O) groups is 1. The summed E-state index contributed by atoms with van der Waals surface area (Å²) in [6.45, 7) is 0. The van der Waals surface area contributed by atoms with Crippen molar-refractivity contribution in [1.82, 2.24) is 4.98 Å². The second-order valence-corrected chi connectivity index (χ2v) is 3.51. The third-order valence-corrected chi connectivity index (χ3v) is 2.38. The number of aromatic amines is 1. The van der Waals surface area contributed by atoms with Gasteiger partial charge < -0.3 is 15.5 Å². The quantitative estimate of drug-likeness (QED) is 0.782. The maximum Gasteiger partial charge on any atom is 0.355 e. The molecule has 0 aliphatic heterocycles. The molecule has 0 amide bonds. The molecule has 0 unspecified atom stereocenters. The number of hydrogen-bond donors (Lipinski definition) is 2. The molecule has 4 nitrogen and oxygen atoms in total. The van der Waals surface area contributed by atoms with Gasteiger partial charge in [0.15, 0.2) is 0 Å². The van der Waals surface area contributed by atoms with Crippen molar-refractivity contribution in [3.8, 4) is 11.1 Å². The summed E-state index contributed by atoms with van der Waals surface area (Å²) in [6, 6.07) is 7.40. The second kappa shape index (κ2) is 4.29. The lowest BCUT2D eigenvalue weighted by Gasteiger charge is -2.02. The number of rotatable bonds is 2. The van der Waals surface area contributed by atoms with Crippen molar-refractivity contribution in [2.24, 2.45) is 0 Å². The maximum absolute atomic E-state index is 12.8. The Morgan fingerprint density at radius 3 is 2.59 bits per heavy atom. The van der Waals surface area contributed by atoms with Gasteiger partial charge >= 0.3 is 5.97 Å². The van der Waals surface area contributed by atoms with Crippen LogP contribution < -0.4 is 5.73 Å². The fraction of sp³-hybridized carbons (Fsp3) is 0.0833. The van der Waals surface area contributed by atoms with Gasteiger partial charge in [-0.05, 0) is 23.8 Å². The van der Waals surface area contributed by atoms with Crippen molar-refractivity contribution in [3.05, 3.63) is 41.8 Å². The van der Waals surface area contributed by atoms with Crippen LogP contribution >= 0.6 is 0 Å². The zero-order valence-electron chi connectivity index (χ0n) is 9.16. The molecule has 0 aliphatic rings. The summed E-state index contributed by atoms with van der Waals surface area (Å²) in [4.78, 5) is 14.2. The number of nitrogens with two attached hydrogens (primary N) is 1. The van der Waals surface area contributed by atoms with Crippen LogP contribution in [0.2, 0.25) is 0 Å². The highest BCUT2D eigenvalue weighted by molar-refractivity contribution is 5.96. The van der Waals surface area contributed by atoms with Crippen molar-refractivity contribution < 1.29 is 13.9 Å². The van der Waals surface area contributed by atoms with Crippen LogP contribution in [0.1, 0.15) is 10.5 Å². The predicted molar refractivity (Wildman–Crippen MR) is 61.9 cm³/mol. The van der Waals surface area contributed by atoms with Crippen LogP contribution in [0.5, 0.6) is 0 Å². The summed E-state index contributed by atoms with van der Waals surface area (Å²) in [5, 5.41) is 0. The number of benzene rings is 1. The van der Waals surface area contributed by atoms with E-state index < -0.39 is 5.97 Å². The number of H-pyrrole nitrogens is 1. The molecule has 0 fully saturated rings. The molecular formula is C12H11FN2O2. The van der Waals surface area contributed by atoms with E-state index in [4.69, 9.17) is 5.73 Å². The molecule has 1 heterocycles. The highest BCUT2D eigenvalue weighted by Gasteiger charge is 2.16. The molecule has 0 aliphatic carbocycles. The molecule has 2 rings (SSSR count). The number of nitrogen functional groups attached to an aromatic ring is 1. The van der Waals surface area contributed by atoms with Gasteiger partial charge in [-0.3, -0.25) is 0 Å². The number of aromatic nitrogens is 1. The van der Waals surface area contributed by atoms with Crippen LogP contribution in [0, 0.1) is 5.82 Å². The molecule has 17 heavy (non-hydrogen) atoms. The van der Waals surface area contributed by atoms with Gasteiger partial charge in [-0.2, -0.15) is 0 Å². The molecule has 88 valence electrons. The van der Waals surface area contributed by atoms with Crippen molar-refractivity contribution in [1.29, 1.82) is 0 Å². The Hall–Kier alpha value is -2.30. The van der Waals surface area contributed by atoms with Crippen molar-refractivity contribution in [2.45, 2.75) is 0 Å². The minimum Gasteiger partial charge on any atom is -0.464 e. The second-order valence-electron chi connectivity index (χ2n) is 3.51. The van der Waals surface area contributed by atoms with Gasteiger partial charge in [0.1, 0.15) is 17.3 Å². The third kappa shape index (κ3) is 2.13. The van der Waals surface area contributed by atoms with Gasteiger partial charge in [-0.25, -0.2) is 9.18 Å². The first-order valence-electron chi connectivity index (χ1n) is 4.94. The van der Waals surface area contributed by atoms with E-state index in [1.54, 1.807) is 18.2 Å². The van der Waals surface area contributed by atoms with E-state index in [-0.39, 0.29) is 11.5 Å². The van der Waals surface area contributed by atoms with Gasteiger partial charge in [0, 0.05) is 5.56 Å². The molecule has 0 radical (unpaired) electrons. The molecule has 2 aromatic rings. The Balaban J connectivity index is 2.51. The van der Waals surface area contributed by atoms with Crippen molar-refractivity contribution in [2.75, 3.05) is 12.8 Å². The van der Waals surface area contributed by atoms with Crippen LogP contribution in [0.25, 0.3) is 11.1 Å². The van der Waals surface area contributed by atoms with Gasteiger partial charge in [0.2, 0.25) is 0 Å². The maximum atomic E-state index is 12.8. The summed E-state index contributed by atoms with van der Waals surface area (Å²) < 4.78 is 17.4. The SMILES string of the molecule is COC(=O)c1[nH]c(N)cc1-c1ccc(F)cc1. The zero-order valence-corrected chi connectivity index (χ0v) is 9.16. The highest BCUT2D eigenvalue weighted by atomic mass is 19.1. The normalized spacial score (nSPS) is 10.2. The van der Waals surface area contributed by atoms with Crippen molar-refractivity contribution in [3.63, 3.8) is 0 Å². The van der Waals surface area contributed by atoms with E-state index in [2.05, 4.69) is 9.72 Å². The molecule has 0 saturated carbocycles. The fourth-order valence-electron chi connectivity index (χ4n) is 1.60. The summed E-state index contributed by atoms with van der Waals surface area (Å²) in [5.41, 5.74) is 7.15. The van der Waals surface area contributed by atoms with Crippen molar-refractivity contribution >= 4 is 11.8 Å². The summed E-state index contributed by atoms with van der Waals surface area (Å²) in [7, 11) is 1.29. The molecule has 0 bridgehead atoms. The van der Waals surface area contributed by atoms with Crippen LogP contribution in [-0.4, -0.2) is 18.1 Å². The standard InChI is InChI=1S/C12H11FN2O2/c1-17-12(16)11-9(6-10(14)15-11)7-2-4-8(13)5-3-7/h2-6,15H,14H2,1H3. The predicted octanol–water partition coefficient (Wildman–Crippen LogP) is 2.19. The first-order valence-corrected chi connectivity index (χ1v) is 4.94. The lowest BCUT2D eigenvalue weighted by molar-refractivity contribution is 0.0596. The average molecular weight is 234 g/mol. The third-order valence-electron chi connectivity index (χ3n) is 2.38. The van der Waals surface area contributed by atoms with E-state index in [1.807, 2.05) is 0 Å². The molecule has 3 N–H and O–H groups in total. The first-order chi connectivity index (χ1) is 8.11. The van der Waals surface area contributed by atoms with E-state index in [9.17, 15) is 9.18 Å². The van der Waals surface area contributed by atoms with E-state index >= 15 is 0 Å². The summed E-state index contributed by atoms with van der Waals surface area (Å²) in [5.74, 6) is -0.498. The average Bonchev–Trinajstić information content (AvgIpc) is 2.71. The minimum absolute atomic E-state index is 0.261. The Morgan fingerprint density at radius 2 is 2.00 bits per heavy atom. The molecule has 0 atom stereocenters. The minimum atomic E-state index is -0.513. The molecule has 1 aromatic carbocycles. The number of halogens is 1. The number of methoxy groups -OCH3 is 1. The summed E-state index contributed by atoms with van der Waals surface area (Å²) >= 11 is 0. The number of esters is 1. The number of nitrogens with one attached hydrogen (secondary N) is 1. The summed E-state index contributed by atoms with van der Waals surface area (Å²) in [6.07, 6.45) is 0. The first kappa shape index (κ1) is 11.2. The topological polar surface area (TPSA) is 68.1 Å². The van der Waals surface area contributed by atoms with Crippen LogP contribution in [-0.2, 0) is 4.74 Å². The molecule has 1 aromatic heterocycles. The monoisotopic (exact) mass is 234 g/mol. The largest absolute Gasteiger partial charge is 0.464 e. The Kier molecular flexibility index (Phi) is 2.82. The van der Waals surface area contributed by atoms with Gasteiger partial charge in [0.25, 0.3) is 0 Å². The Labute approximate surface area is 97.2 Å². The van der Waals surface area contributed by atoms with Crippen LogP contribution in [0.3, 0.4) is 0 Å². The van der Waals surface area contributed by atoms with Gasteiger partial charge in [-0.15, -0.1) is 0 Å². The van der Waals surface area contributed by atoms with E-state index in [0.717, 1.165) is 0 Å². The van der Waals surface area contributed by atoms with Crippen LogP contribution in [0.4, 0.5) is 10.2 Å². The lowest BCUT2D eigenvalue weighted by atomic mass is 10.1. The molecule has 5 heteroatoms.